The van der Waals surface area contributed by atoms with Crippen molar-refractivity contribution in [2.45, 2.75) is 12.4 Å². The second kappa shape index (κ2) is 5.05. The van der Waals surface area contributed by atoms with Gasteiger partial charge in [0.2, 0.25) is 0 Å². The SMILES string of the molecule is COc1cc(CS)ccc1OC(F)F. The lowest BCUT2D eigenvalue weighted by Gasteiger charge is -2.10. The van der Waals surface area contributed by atoms with E-state index in [4.69, 9.17) is 4.74 Å². The summed E-state index contributed by atoms with van der Waals surface area (Å²) in [5.74, 6) is 0.843. The van der Waals surface area contributed by atoms with E-state index in [0.29, 0.717) is 5.75 Å². The van der Waals surface area contributed by atoms with E-state index in [2.05, 4.69) is 17.4 Å². The quantitative estimate of drug-likeness (QED) is 0.786. The number of methoxy groups -OCH3 is 1. The Bertz CT molecular complexity index is 305. The van der Waals surface area contributed by atoms with Crippen molar-refractivity contribution in [1.82, 2.24) is 0 Å². The van der Waals surface area contributed by atoms with Crippen molar-refractivity contribution in [2.75, 3.05) is 7.11 Å². The lowest BCUT2D eigenvalue weighted by atomic mass is 10.2. The summed E-state index contributed by atoms with van der Waals surface area (Å²) in [5.41, 5.74) is 0.881. The maximum Gasteiger partial charge on any atom is 0.387 e. The van der Waals surface area contributed by atoms with E-state index in [-0.39, 0.29) is 11.5 Å². The molecule has 78 valence electrons. The normalized spacial score (nSPS) is 10.4. The van der Waals surface area contributed by atoms with Gasteiger partial charge in [0.05, 0.1) is 7.11 Å². The van der Waals surface area contributed by atoms with Crippen LogP contribution in [0.25, 0.3) is 0 Å². The first-order valence-corrected chi connectivity index (χ1v) is 4.53. The molecule has 14 heavy (non-hydrogen) atoms. The van der Waals surface area contributed by atoms with E-state index in [1.807, 2.05) is 0 Å². The van der Waals surface area contributed by atoms with Crippen molar-refractivity contribution in [2.24, 2.45) is 0 Å². The average Bonchev–Trinajstić information content (AvgIpc) is 2.17. The molecule has 0 aliphatic rings. The van der Waals surface area contributed by atoms with Crippen LogP contribution in [0.1, 0.15) is 5.56 Å². The van der Waals surface area contributed by atoms with Gasteiger partial charge in [-0.15, -0.1) is 0 Å². The Balaban J connectivity index is 2.93. The minimum absolute atomic E-state index is 0.0352. The zero-order chi connectivity index (χ0) is 10.6. The van der Waals surface area contributed by atoms with E-state index < -0.39 is 6.61 Å². The fourth-order valence-corrected chi connectivity index (χ4v) is 1.20. The third-order valence-corrected chi connectivity index (χ3v) is 1.99. The lowest BCUT2D eigenvalue weighted by Crippen LogP contribution is -2.03. The number of halogens is 2. The first-order valence-electron chi connectivity index (χ1n) is 3.90. The zero-order valence-electron chi connectivity index (χ0n) is 7.54. The molecule has 0 spiro atoms. The molecule has 1 aromatic carbocycles. The van der Waals surface area contributed by atoms with Crippen molar-refractivity contribution < 1.29 is 18.3 Å². The van der Waals surface area contributed by atoms with Crippen LogP contribution in [0.4, 0.5) is 8.78 Å². The predicted octanol–water partition coefficient (Wildman–Crippen LogP) is 2.73. The number of hydrogen-bond acceptors (Lipinski definition) is 3. The zero-order valence-corrected chi connectivity index (χ0v) is 8.43. The van der Waals surface area contributed by atoms with Crippen molar-refractivity contribution in [3.8, 4) is 11.5 Å². The van der Waals surface area contributed by atoms with E-state index in [1.54, 1.807) is 12.1 Å². The monoisotopic (exact) mass is 220 g/mol. The molecule has 0 heterocycles. The summed E-state index contributed by atoms with van der Waals surface area (Å²) in [7, 11) is 1.40. The Hall–Kier alpha value is -0.970. The van der Waals surface area contributed by atoms with Crippen LogP contribution in [-0.2, 0) is 5.75 Å². The van der Waals surface area contributed by atoms with Gasteiger partial charge in [0.25, 0.3) is 0 Å². The maximum atomic E-state index is 11.9. The molecule has 2 nitrogen and oxygen atoms in total. The number of thiol groups is 1. The molecule has 0 amide bonds. The second-order valence-electron chi connectivity index (χ2n) is 2.52. The maximum absolute atomic E-state index is 11.9. The standard InChI is InChI=1S/C9H10F2O2S/c1-12-8-4-6(5-14)2-3-7(8)13-9(10)11/h2-4,9,14H,5H2,1H3. The first kappa shape index (κ1) is 11.1. The number of ether oxygens (including phenoxy) is 2. The summed E-state index contributed by atoms with van der Waals surface area (Å²) in [4.78, 5) is 0. The fraction of sp³-hybridized carbons (Fsp3) is 0.333. The largest absolute Gasteiger partial charge is 0.493 e. The molecule has 0 fully saturated rings. The van der Waals surface area contributed by atoms with Crippen LogP contribution < -0.4 is 9.47 Å². The minimum Gasteiger partial charge on any atom is -0.493 e. The van der Waals surface area contributed by atoms with Crippen molar-refractivity contribution >= 4 is 12.6 Å². The van der Waals surface area contributed by atoms with Gasteiger partial charge in [-0.3, -0.25) is 0 Å². The molecule has 0 aliphatic carbocycles. The molecule has 5 heteroatoms. The Labute approximate surface area is 86.2 Å². The summed E-state index contributed by atoms with van der Waals surface area (Å²) < 4.78 is 33.0. The summed E-state index contributed by atoms with van der Waals surface area (Å²) >= 11 is 4.06. The van der Waals surface area contributed by atoms with Crippen molar-refractivity contribution in [3.05, 3.63) is 23.8 Å². The third kappa shape index (κ3) is 2.77. The Morgan fingerprint density at radius 1 is 1.36 bits per heavy atom. The molecule has 0 N–H and O–H groups in total. The van der Waals surface area contributed by atoms with Crippen LogP contribution in [0.2, 0.25) is 0 Å². The molecular weight excluding hydrogens is 210 g/mol. The van der Waals surface area contributed by atoms with Crippen LogP contribution >= 0.6 is 12.6 Å². The predicted molar refractivity (Wildman–Crippen MR) is 52.3 cm³/mol. The van der Waals surface area contributed by atoms with Gasteiger partial charge in [-0.1, -0.05) is 6.07 Å². The van der Waals surface area contributed by atoms with Crippen molar-refractivity contribution in [3.63, 3.8) is 0 Å². The highest BCUT2D eigenvalue weighted by Crippen LogP contribution is 2.29. The van der Waals surface area contributed by atoms with Gasteiger partial charge in [-0.2, -0.15) is 21.4 Å². The summed E-state index contributed by atoms with van der Waals surface area (Å²) in [6.45, 7) is -2.84. The van der Waals surface area contributed by atoms with E-state index in [1.165, 1.54) is 13.2 Å². The van der Waals surface area contributed by atoms with Crippen molar-refractivity contribution in [1.29, 1.82) is 0 Å². The van der Waals surface area contributed by atoms with Crippen LogP contribution in [0.15, 0.2) is 18.2 Å². The highest BCUT2D eigenvalue weighted by molar-refractivity contribution is 7.79. The number of alkyl halides is 2. The van der Waals surface area contributed by atoms with Crippen LogP contribution in [0.3, 0.4) is 0 Å². The van der Waals surface area contributed by atoms with Gasteiger partial charge in [0.15, 0.2) is 11.5 Å². The Morgan fingerprint density at radius 2 is 2.07 bits per heavy atom. The van der Waals surface area contributed by atoms with E-state index >= 15 is 0 Å². The molecule has 0 saturated carbocycles. The topological polar surface area (TPSA) is 18.5 Å². The highest BCUT2D eigenvalue weighted by Gasteiger charge is 2.10. The summed E-state index contributed by atoms with van der Waals surface area (Å²) in [5, 5.41) is 0. The Morgan fingerprint density at radius 3 is 2.57 bits per heavy atom. The van der Waals surface area contributed by atoms with E-state index in [0.717, 1.165) is 5.56 Å². The van der Waals surface area contributed by atoms with Crippen LogP contribution in [0, 0.1) is 0 Å². The van der Waals surface area contributed by atoms with Crippen LogP contribution in [0.5, 0.6) is 11.5 Å². The van der Waals surface area contributed by atoms with Gasteiger partial charge in [-0.25, -0.2) is 0 Å². The molecule has 1 rings (SSSR count). The molecule has 0 unspecified atom stereocenters. The molecule has 0 aliphatic heterocycles. The average molecular weight is 220 g/mol. The molecule has 0 radical (unpaired) electrons. The van der Waals surface area contributed by atoms with Gasteiger partial charge < -0.3 is 9.47 Å². The Kier molecular flexibility index (Phi) is 4.00. The number of rotatable bonds is 4. The van der Waals surface area contributed by atoms with Gasteiger partial charge in [-0.05, 0) is 17.7 Å². The van der Waals surface area contributed by atoms with Gasteiger partial charge in [0.1, 0.15) is 0 Å². The van der Waals surface area contributed by atoms with Gasteiger partial charge in [0, 0.05) is 5.75 Å². The highest BCUT2D eigenvalue weighted by atomic mass is 32.1. The van der Waals surface area contributed by atoms with Gasteiger partial charge >= 0.3 is 6.61 Å². The molecule has 0 saturated heterocycles. The smallest absolute Gasteiger partial charge is 0.387 e. The fourth-order valence-electron chi connectivity index (χ4n) is 1.00. The molecule has 0 aromatic heterocycles. The molecule has 1 aromatic rings. The molecule has 0 bridgehead atoms. The second-order valence-corrected chi connectivity index (χ2v) is 2.84. The summed E-state index contributed by atoms with van der Waals surface area (Å²) in [6.07, 6.45) is 0. The summed E-state index contributed by atoms with van der Waals surface area (Å²) in [6, 6.07) is 4.72. The minimum atomic E-state index is -2.84. The third-order valence-electron chi connectivity index (χ3n) is 1.63. The number of hydrogen-bond donors (Lipinski definition) is 1. The first-order chi connectivity index (χ1) is 6.67. The van der Waals surface area contributed by atoms with E-state index in [9.17, 15) is 8.78 Å². The molecule has 0 atom stereocenters. The lowest BCUT2D eigenvalue weighted by molar-refractivity contribution is -0.0512. The van der Waals surface area contributed by atoms with Crippen LogP contribution in [-0.4, -0.2) is 13.7 Å². The molecular formula is C9H10F2O2S. The number of benzene rings is 1.